The Labute approximate surface area is 117 Å². The molecule has 0 bridgehead atoms. The highest BCUT2D eigenvalue weighted by Gasteiger charge is 2.39. The Morgan fingerprint density at radius 2 is 1.95 bits per heavy atom. The fraction of sp³-hybridized carbons (Fsp3) is 0.647. The van der Waals surface area contributed by atoms with E-state index >= 15 is 0 Å². The van der Waals surface area contributed by atoms with E-state index in [1.54, 1.807) is 7.11 Å². The molecule has 0 saturated heterocycles. The van der Waals surface area contributed by atoms with Gasteiger partial charge in [-0.25, -0.2) is 0 Å². The van der Waals surface area contributed by atoms with Crippen LogP contribution in [0.25, 0.3) is 0 Å². The highest BCUT2D eigenvalue weighted by atomic mass is 16.5. The van der Waals surface area contributed by atoms with Gasteiger partial charge in [-0.1, -0.05) is 26.0 Å². The third kappa shape index (κ3) is 3.97. The minimum atomic E-state index is 0.756. The molecule has 0 unspecified atom stereocenters. The molecule has 0 heterocycles. The number of methoxy groups -OCH3 is 1. The fourth-order valence-electron chi connectivity index (χ4n) is 2.99. The predicted octanol–water partition coefficient (Wildman–Crippen LogP) is 3.92. The molecule has 19 heavy (non-hydrogen) atoms. The molecular formula is C17H27NO. The van der Waals surface area contributed by atoms with Gasteiger partial charge in [0.05, 0.1) is 7.11 Å². The molecule has 106 valence electrons. The molecular weight excluding hydrogens is 234 g/mol. The van der Waals surface area contributed by atoms with Crippen molar-refractivity contribution in [3.63, 3.8) is 0 Å². The Hall–Kier alpha value is -1.02. The van der Waals surface area contributed by atoms with Crippen LogP contribution in [0.4, 0.5) is 0 Å². The molecule has 0 aromatic heterocycles. The van der Waals surface area contributed by atoms with Crippen LogP contribution in [0, 0.1) is 5.92 Å². The summed E-state index contributed by atoms with van der Waals surface area (Å²) in [4.78, 5) is 2.63. The topological polar surface area (TPSA) is 12.5 Å². The Bertz CT molecular complexity index is 385. The monoisotopic (exact) mass is 261 g/mol. The summed E-state index contributed by atoms with van der Waals surface area (Å²) in [5.74, 6) is 2.60. The average Bonchev–Trinajstić information content (AvgIpc) is 3.19. The van der Waals surface area contributed by atoms with Gasteiger partial charge in [0.25, 0.3) is 0 Å². The molecule has 1 aliphatic carbocycles. The van der Waals surface area contributed by atoms with Crippen LogP contribution < -0.4 is 4.74 Å². The van der Waals surface area contributed by atoms with Gasteiger partial charge < -0.3 is 9.64 Å². The van der Waals surface area contributed by atoms with E-state index < -0.39 is 0 Å². The van der Waals surface area contributed by atoms with E-state index in [0.29, 0.717) is 0 Å². The van der Waals surface area contributed by atoms with Gasteiger partial charge in [0.1, 0.15) is 5.75 Å². The van der Waals surface area contributed by atoms with E-state index in [0.717, 1.165) is 17.6 Å². The van der Waals surface area contributed by atoms with Crippen LogP contribution in [0.1, 0.15) is 44.6 Å². The normalized spacial score (nSPS) is 21.7. The van der Waals surface area contributed by atoms with E-state index in [9.17, 15) is 0 Å². The number of hydrogen-bond acceptors (Lipinski definition) is 2. The molecule has 1 aromatic rings. The van der Waals surface area contributed by atoms with Gasteiger partial charge in [-0.2, -0.15) is 0 Å². The molecule has 2 atom stereocenters. The van der Waals surface area contributed by atoms with Gasteiger partial charge in [0.2, 0.25) is 0 Å². The third-order valence-electron chi connectivity index (χ3n) is 4.02. The van der Waals surface area contributed by atoms with Gasteiger partial charge in [-0.3, -0.25) is 0 Å². The Kier molecular flexibility index (Phi) is 5.26. The van der Waals surface area contributed by atoms with E-state index in [4.69, 9.17) is 4.74 Å². The van der Waals surface area contributed by atoms with E-state index in [-0.39, 0.29) is 0 Å². The van der Waals surface area contributed by atoms with Crippen molar-refractivity contribution in [2.45, 2.75) is 39.0 Å². The van der Waals surface area contributed by atoms with Crippen molar-refractivity contribution >= 4 is 0 Å². The first-order valence-corrected chi connectivity index (χ1v) is 7.64. The highest BCUT2D eigenvalue weighted by Crippen LogP contribution is 2.48. The van der Waals surface area contributed by atoms with Gasteiger partial charge in [0, 0.05) is 6.54 Å². The standard InChI is InChI=1S/C17H27NO/c1-4-9-18(10-5-2)13-15-12-17(15)14-7-6-8-16(11-14)19-3/h6-8,11,15,17H,4-5,9-10,12-13H2,1-3H3/t15-,17+/m0/s1. The van der Waals surface area contributed by atoms with Crippen LogP contribution >= 0.6 is 0 Å². The van der Waals surface area contributed by atoms with Crippen molar-refractivity contribution in [2.24, 2.45) is 5.92 Å². The molecule has 2 heteroatoms. The second-order valence-electron chi connectivity index (χ2n) is 5.68. The largest absolute Gasteiger partial charge is 0.497 e. The van der Waals surface area contributed by atoms with Crippen molar-refractivity contribution in [3.8, 4) is 5.75 Å². The first-order chi connectivity index (χ1) is 9.28. The summed E-state index contributed by atoms with van der Waals surface area (Å²) in [6.07, 6.45) is 3.87. The quantitative estimate of drug-likeness (QED) is 0.703. The van der Waals surface area contributed by atoms with Crippen LogP contribution in [-0.2, 0) is 0 Å². The van der Waals surface area contributed by atoms with Crippen LogP contribution in [0.15, 0.2) is 24.3 Å². The second-order valence-corrected chi connectivity index (χ2v) is 5.68. The maximum absolute atomic E-state index is 5.32. The summed E-state index contributed by atoms with van der Waals surface area (Å²) in [5, 5.41) is 0. The molecule has 1 aromatic carbocycles. The summed E-state index contributed by atoms with van der Waals surface area (Å²) in [6, 6.07) is 8.59. The molecule has 0 radical (unpaired) electrons. The molecule has 0 N–H and O–H groups in total. The van der Waals surface area contributed by atoms with Crippen LogP contribution in [-0.4, -0.2) is 31.6 Å². The van der Waals surface area contributed by atoms with E-state index in [2.05, 4.69) is 36.9 Å². The average molecular weight is 261 g/mol. The lowest BCUT2D eigenvalue weighted by molar-refractivity contribution is 0.262. The maximum Gasteiger partial charge on any atom is 0.119 e. The summed E-state index contributed by atoms with van der Waals surface area (Å²) in [5.41, 5.74) is 1.46. The van der Waals surface area contributed by atoms with Crippen molar-refractivity contribution in [1.82, 2.24) is 4.90 Å². The fourth-order valence-corrected chi connectivity index (χ4v) is 2.99. The Morgan fingerprint density at radius 3 is 2.58 bits per heavy atom. The first-order valence-electron chi connectivity index (χ1n) is 7.64. The van der Waals surface area contributed by atoms with Crippen molar-refractivity contribution in [3.05, 3.63) is 29.8 Å². The highest BCUT2D eigenvalue weighted by molar-refractivity contribution is 5.34. The van der Waals surface area contributed by atoms with Crippen molar-refractivity contribution in [1.29, 1.82) is 0 Å². The van der Waals surface area contributed by atoms with Crippen LogP contribution in [0.3, 0.4) is 0 Å². The zero-order valence-electron chi connectivity index (χ0n) is 12.6. The second kappa shape index (κ2) is 6.95. The summed E-state index contributed by atoms with van der Waals surface area (Å²) >= 11 is 0. The molecule has 1 saturated carbocycles. The van der Waals surface area contributed by atoms with E-state index in [1.807, 2.05) is 6.07 Å². The number of nitrogens with zero attached hydrogens (tertiary/aromatic N) is 1. The van der Waals surface area contributed by atoms with Crippen molar-refractivity contribution < 1.29 is 4.74 Å². The van der Waals surface area contributed by atoms with Gasteiger partial charge in [-0.05, 0) is 61.9 Å². The SMILES string of the molecule is CCCN(CCC)C[C@@H]1C[C@@H]1c1cccc(OC)c1. The number of hydrogen-bond donors (Lipinski definition) is 0. The summed E-state index contributed by atoms with van der Waals surface area (Å²) in [6.45, 7) is 8.30. The zero-order valence-corrected chi connectivity index (χ0v) is 12.6. The predicted molar refractivity (Wildman–Crippen MR) is 80.9 cm³/mol. The molecule has 1 fully saturated rings. The molecule has 0 aliphatic heterocycles. The summed E-state index contributed by atoms with van der Waals surface area (Å²) < 4.78 is 5.32. The molecule has 0 spiro atoms. The molecule has 2 rings (SSSR count). The van der Waals surface area contributed by atoms with Crippen LogP contribution in [0.5, 0.6) is 5.75 Å². The lowest BCUT2D eigenvalue weighted by Gasteiger charge is -2.20. The molecule has 1 aliphatic rings. The van der Waals surface area contributed by atoms with Gasteiger partial charge in [-0.15, -0.1) is 0 Å². The Morgan fingerprint density at radius 1 is 1.21 bits per heavy atom. The molecule has 2 nitrogen and oxygen atoms in total. The van der Waals surface area contributed by atoms with E-state index in [1.165, 1.54) is 44.5 Å². The Balaban J connectivity index is 1.88. The minimum absolute atomic E-state index is 0.756. The summed E-state index contributed by atoms with van der Waals surface area (Å²) in [7, 11) is 1.74. The van der Waals surface area contributed by atoms with Crippen molar-refractivity contribution in [2.75, 3.05) is 26.7 Å². The number of ether oxygens (including phenoxy) is 1. The third-order valence-corrected chi connectivity index (χ3v) is 4.02. The molecule has 0 amide bonds. The van der Waals surface area contributed by atoms with Gasteiger partial charge >= 0.3 is 0 Å². The van der Waals surface area contributed by atoms with Crippen LogP contribution in [0.2, 0.25) is 0 Å². The minimum Gasteiger partial charge on any atom is -0.497 e. The number of rotatable bonds is 8. The smallest absolute Gasteiger partial charge is 0.119 e. The lowest BCUT2D eigenvalue weighted by atomic mass is 10.1. The first kappa shape index (κ1) is 14.4. The zero-order chi connectivity index (χ0) is 13.7. The lowest BCUT2D eigenvalue weighted by Crippen LogP contribution is -2.28. The van der Waals surface area contributed by atoms with Gasteiger partial charge in [0.15, 0.2) is 0 Å². The number of benzene rings is 1. The maximum atomic E-state index is 5.32.